The first-order chi connectivity index (χ1) is 25.3. The van der Waals surface area contributed by atoms with E-state index in [9.17, 15) is 58.5 Å². The van der Waals surface area contributed by atoms with Crippen molar-refractivity contribution in [3.8, 4) is 0 Å². The number of carboxylic acid groups (broad SMARTS) is 3. The van der Waals surface area contributed by atoms with E-state index in [2.05, 4.69) is 38.5 Å². The molecule has 0 bridgehead atoms. The van der Waals surface area contributed by atoms with Crippen molar-refractivity contribution in [1.29, 1.82) is 0 Å². The molecule has 1 saturated carbocycles. The first kappa shape index (κ1) is 47.0. The average Bonchev–Trinajstić information content (AvgIpc) is 3.09. The molecule has 1 aliphatic carbocycles. The molecule has 1 aliphatic rings. The predicted octanol–water partition coefficient (Wildman–Crippen LogP) is 0.588. The number of hydrogen-bond acceptors (Lipinski definition) is 9. The summed E-state index contributed by atoms with van der Waals surface area (Å²) < 4.78 is 0. The van der Waals surface area contributed by atoms with Crippen molar-refractivity contribution < 1.29 is 58.5 Å². The average molecular weight is 767 g/mol. The van der Waals surface area contributed by atoms with Crippen LogP contribution in [0.2, 0.25) is 0 Å². The molecular weight excluding hydrogens is 708 g/mol. The summed E-state index contributed by atoms with van der Waals surface area (Å²) in [6.07, 6.45) is 3.71. The molecule has 1 fully saturated rings. The molecule has 1 unspecified atom stereocenters. The van der Waals surface area contributed by atoms with E-state index in [4.69, 9.17) is 0 Å². The van der Waals surface area contributed by atoms with Crippen LogP contribution in [0.15, 0.2) is 12.7 Å². The first-order valence-electron chi connectivity index (χ1n) is 18.4. The van der Waals surface area contributed by atoms with Gasteiger partial charge in [-0.05, 0) is 49.9 Å². The number of amides is 6. The second kappa shape index (κ2) is 23.6. The Balaban J connectivity index is 3.37. The largest absolute Gasteiger partial charge is 0.481 e. The lowest BCUT2D eigenvalue weighted by atomic mass is 9.83. The fraction of sp³-hybridized carbons (Fsp3) is 0.694. The Morgan fingerprint density at radius 1 is 0.685 bits per heavy atom. The van der Waals surface area contributed by atoms with Crippen molar-refractivity contribution in [3.05, 3.63) is 12.7 Å². The Bertz CT molecular complexity index is 1350. The normalized spacial score (nSPS) is 16.9. The summed E-state index contributed by atoms with van der Waals surface area (Å²) >= 11 is 0. The van der Waals surface area contributed by atoms with Gasteiger partial charge in [-0.25, -0.2) is 4.79 Å². The SMILES string of the molecule is C=CCC(NC(=O)[C@@H](NC(=O)[C@@H](NC(=O)[C@H](CC(C)C)NC(=O)[C@@H](CCC(=O)O)NC(=O)[C@H](CC(=O)O)NC(C)=O)[C@@H](C)CC)C1CCCCC1)C(=O)O. The highest BCUT2D eigenvalue weighted by Crippen LogP contribution is 2.27. The van der Waals surface area contributed by atoms with E-state index >= 15 is 0 Å². The van der Waals surface area contributed by atoms with Crippen molar-refractivity contribution in [1.82, 2.24) is 31.9 Å². The van der Waals surface area contributed by atoms with Gasteiger partial charge in [-0.15, -0.1) is 6.58 Å². The number of carbonyl (C=O) groups is 9. The Hall–Kier alpha value is -5.03. The Morgan fingerprint density at radius 3 is 1.74 bits per heavy atom. The van der Waals surface area contributed by atoms with Crippen molar-refractivity contribution >= 4 is 53.4 Å². The minimum absolute atomic E-state index is 0.0417. The van der Waals surface area contributed by atoms with Crippen LogP contribution in [0, 0.1) is 17.8 Å². The van der Waals surface area contributed by atoms with Gasteiger partial charge in [0.25, 0.3) is 0 Å². The van der Waals surface area contributed by atoms with Crippen molar-refractivity contribution in [2.75, 3.05) is 0 Å². The summed E-state index contributed by atoms with van der Waals surface area (Å²) in [4.78, 5) is 114. The maximum Gasteiger partial charge on any atom is 0.326 e. The van der Waals surface area contributed by atoms with Gasteiger partial charge in [0, 0.05) is 13.3 Å². The summed E-state index contributed by atoms with van der Waals surface area (Å²) in [5.41, 5.74) is 0. The van der Waals surface area contributed by atoms with Crippen LogP contribution in [-0.2, 0) is 43.2 Å². The second-order valence-corrected chi connectivity index (χ2v) is 14.2. The standard InChI is InChI=1S/C36H58N6O12/c1-7-12-24(36(53)54)39-35(52)30(22-13-10-9-11-14-22)42-34(51)29(20(5)8-2)41-33(50)25(17-19(3)4)40-31(48)23(15-16-27(44)45)38-32(49)26(18-28(46)47)37-21(6)43/h7,19-20,22-26,29-30H,1,8-18H2,2-6H3,(H,37,43)(H,38,49)(H,39,52)(H,40,48)(H,41,50)(H,42,51)(H,44,45)(H,46,47)(H,53,54)/t20-,23+,24?,25-,26-,29-,30-/m0/s1. The monoisotopic (exact) mass is 766 g/mol. The van der Waals surface area contributed by atoms with E-state index in [1.54, 1.807) is 27.7 Å². The molecule has 7 atom stereocenters. The maximum absolute atomic E-state index is 13.9. The lowest BCUT2D eigenvalue weighted by molar-refractivity contribution is -0.143. The summed E-state index contributed by atoms with van der Waals surface area (Å²) in [5, 5.41) is 43.1. The van der Waals surface area contributed by atoms with Crippen LogP contribution in [-0.4, -0.2) is 105 Å². The van der Waals surface area contributed by atoms with E-state index in [0.29, 0.717) is 19.3 Å². The van der Waals surface area contributed by atoms with Crippen LogP contribution in [0.5, 0.6) is 0 Å². The quantitative estimate of drug-likeness (QED) is 0.0611. The molecule has 9 N–H and O–H groups in total. The predicted molar refractivity (Wildman–Crippen MR) is 194 cm³/mol. The van der Waals surface area contributed by atoms with E-state index in [1.807, 2.05) is 0 Å². The molecule has 18 nitrogen and oxygen atoms in total. The maximum atomic E-state index is 13.9. The third-order valence-electron chi connectivity index (χ3n) is 9.20. The second-order valence-electron chi connectivity index (χ2n) is 14.2. The molecule has 0 aromatic carbocycles. The summed E-state index contributed by atoms with van der Waals surface area (Å²) in [5.74, 6) is -9.85. The first-order valence-corrected chi connectivity index (χ1v) is 18.4. The summed E-state index contributed by atoms with van der Waals surface area (Å²) in [6.45, 7) is 11.6. The van der Waals surface area contributed by atoms with Crippen molar-refractivity contribution in [2.24, 2.45) is 17.8 Å². The highest BCUT2D eigenvalue weighted by atomic mass is 16.4. The van der Waals surface area contributed by atoms with E-state index in [0.717, 1.165) is 26.2 Å². The van der Waals surface area contributed by atoms with Gasteiger partial charge in [0.15, 0.2) is 0 Å². The summed E-state index contributed by atoms with van der Waals surface area (Å²) in [7, 11) is 0. The van der Waals surface area contributed by atoms with Crippen LogP contribution in [0.3, 0.4) is 0 Å². The molecule has 304 valence electrons. The zero-order chi connectivity index (χ0) is 41.1. The molecule has 18 heteroatoms. The molecule has 0 radical (unpaired) electrons. The van der Waals surface area contributed by atoms with Gasteiger partial charge in [-0.3, -0.25) is 38.4 Å². The van der Waals surface area contributed by atoms with E-state index < -0.39 is 115 Å². The topological polar surface area (TPSA) is 286 Å². The van der Waals surface area contributed by atoms with Gasteiger partial charge >= 0.3 is 17.9 Å². The van der Waals surface area contributed by atoms with Gasteiger partial charge < -0.3 is 47.2 Å². The molecule has 0 aliphatic heterocycles. The molecule has 1 rings (SSSR count). The van der Waals surface area contributed by atoms with E-state index in [1.165, 1.54) is 6.08 Å². The Morgan fingerprint density at radius 2 is 1.24 bits per heavy atom. The zero-order valence-corrected chi connectivity index (χ0v) is 31.8. The Kier molecular flexibility index (Phi) is 20.5. The number of aliphatic carboxylic acids is 3. The van der Waals surface area contributed by atoms with Crippen LogP contribution in [0.1, 0.15) is 105 Å². The van der Waals surface area contributed by atoms with Crippen LogP contribution in [0.4, 0.5) is 0 Å². The smallest absolute Gasteiger partial charge is 0.326 e. The number of carbonyl (C=O) groups excluding carboxylic acids is 6. The molecule has 54 heavy (non-hydrogen) atoms. The lowest BCUT2D eigenvalue weighted by Crippen LogP contribution is -2.61. The number of rotatable bonds is 24. The highest BCUT2D eigenvalue weighted by molar-refractivity contribution is 5.97. The van der Waals surface area contributed by atoms with Crippen molar-refractivity contribution in [2.45, 2.75) is 141 Å². The number of carboxylic acids is 3. The van der Waals surface area contributed by atoms with Gasteiger partial charge in [0.1, 0.15) is 36.3 Å². The van der Waals surface area contributed by atoms with Crippen LogP contribution in [0.25, 0.3) is 0 Å². The number of hydrogen-bond donors (Lipinski definition) is 9. The lowest BCUT2D eigenvalue weighted by Gasteiger charge is -2.33. The Labute approximate surface area is 315 Å². The van der Waals surface area contributed by atoms with Gasteiger partial charge in [0.2, 0.25) is 35.4 Å². The molecule has 6 amide bonds. The van der Waals surface area contributed by atoms with Crippen LogP contribution < -0.4 is 31.9 Å². The fourth-order valence-corrected chi connectivity index (χ4v) is 6.13. The van der Waals surface area contributed by atoms with E-state index in [-0.39, 0.29) is 24.7 Å². The third-order valence-corrected chi connectivity index (χ3v) is 9.20. The molecular formula is C36H58N6O12. The minimum atomic E-state index is -1.58. The fourth-order valence-electron chi connectivity index (χ4n) is 6.13. The van der Waals surface area contributed by atoms with Crippen LogP contribution >= 0.6 is 0 Å². The summed E-state index contributed by atoms with van der Waals surface area (Å²) in [6, 6.07) is -7.99. The molecule has 0 heterocycles. The van der Waals surface area contributed by atoms with Gasteiger partial charge in [-0.1, -0.05) is 59.5 Å². The zero-order valence-electron chi connectivity index (χ0n) is 31.8. The van der Waals surface area contributed by atoms with Gasteiger partial charge in [-0.2, -0.15) is 0 Å². The van der Waals surface area contributed by atoms with Gasteiger partial charge in [0.05, 0.1) is 6.42 Å². The number of nitrogens with one attached hydrogen (secondary N) is 6. The molecule has 0 aromatic rings. The molecule has 0 saturated heterocycles. The van der Waals surface area contributed by atoms with Crippen molar-refractivity contribution in [3.63, 3.8) is 0 Å². The molecule has 0 aromatic heterocycles. The highest BCUT2D eigenvalue weighted by Gasteiger charge is 2.38. The third kappa shape index (κ3) is 16.8. The minimum Gasteiger partial charge on any atom is -0.481 e. The molecule has 0 spiro atoms.